The van der Waals surface area contributed by atoms with Crippen molar-refractivity contribution in [2.75, 3.05) is 11.5 Å². The van der Waals surface area contributed by atoms with Crippen molar-refractivity contribution in [3.05, 3.63) is 64.2 Å². The standard InChI is InChI=1S/C20H15ClN2O6/c1-11-2-5-13(21)9-16(11)23-19(27)15(18(26)22-20(23)28)8-12-3-6-14(7-4-12)29-10-17(24)25/h2-9H,10H2,1H3,(H,24,25)(H,22,26,28)/b15-8+. The van der Waals surface area contributed by atoms with Crippen LogP contribution in [0.1, 0.15) is 11.1 Å². The van der Waals surface area contributed by atoms with Crippen LogP contribution in [0, 0.1) is 6.92 Å². The molecule has 4 amide bonds. The van der Waals surface area contributed by atoms with E-state index in [1.54, 1.807) is 31.2 Å². The molecule has 29 heavy (non-hydrogen) atoms. The van der Waals surface area contributed by atoms with Crippen LogP contribution in [0.15, 0.2) is 48.0 Å². The fourth-order valence-corrected chi connectivity index (χ4v) is 2.84. The summed E-state index contributed by atoms with van der Waals surface area (Å²) < 4.78 is 5.04. The minimum Gasteiger partial charge on any atom is -0.482 e. The van der Waals surface area contributed by atoms with E-state index in [2.05, 4.69) is 5.32 Å². The number of carbonyl (C=O) groups excluding carboxylic acids is 3. The second kappa shape index (κ2) is 8.15. The topological polar surface area (TPSA) is 113 Å². The van der Waals surface area contributed by atoms with E-state index in [9.17, 15) is 19.2 Å². The fraction of sp³-hybridized carbons (Fsp3) is 0.100. The van der Waals surface area contributed by atoms with E-state index < -0.39 is 30.4 Å². The van der Waals surface area contributed by atoms with E-state index in [1.807, 2.05) is 0 Å². The van der Waals surface area contributed by atoms with Gasteiger partial charge >= 0.3 is 12.0 Å². The van der Waals surface area contributed by atoms with Crippen molar-refractivity contribution in [2.24, 2.45) is 0 Å². The number of amides is 4. The van der Waals surface area contributed by atoms with Crippen LogP contribution in [0.4, 0.5) is 10.5 Å². The van der Waals surface area contributed by atoms with E-state index in [1.165, 1.54) is 24.3 Å². The van der Waals surface area contributed by atoms with Crippen molar-refractivity contribution in [3.8, 4) is 5.75 Å². The number of aliphatic carboxylic acids is 1. The molecule has 1 aliphatic rings. The number of urea groups is 1. The summed E-state index contributed by atoms with van der Waals surface area (Å²) in [6.45, 7) is 1.22. The summed E-state index contributed by atoms with van der Waals surface area (Å²) in [6, 6.07) is 10.0. The molecule has 3 rings (SSSR count). The van der Waals surface area contributed by atoms with E-state index in [4.69, 9.17) is 21.4 Å². The maximum Gasteiger partial charge on any atom is 0.341 e. The molecular formula is C20H15ClN2O6. The number of ether oxygens (including phenoxy) is 1. The predicted molar refractivity (Wildman–Crippen MR) is 105 cm³/mol. The highest BCUT2D eigenvalue weighted by Crippen LogP contribution is 2.28. The number of barbiturate groups is 1. The van der Waals surface area contributed by atoms with Crippen LogP contribution in [0.25, 0.3) is 6.08 Å². The van der Waals surface area contributed by atoms with Crippen LogP contribution in [0.5, 0.6) is 5.75 Å². The van der Waals surface area contributed by atoms with Crippen LogP contribution in [-0.4, -0.2) is 35.5 Å². The highest BCUT2D eigenvalue weighted by molar-refractivity contribution is 6.39. The Morgan fingerprint density at radius 3 is 2.52 bits per heavy atom. The highest BCUT2D eigenvalue weighted by Gasteiger charge is 2.37. The average molecular weight is 415 g/mol. The zero-order valence-corrected chi connectivity index (χ0v) is 15.9. The molecule has 2 N–H and O–H groups in total. The van der Waals surface area contributed by atoms with Crippen molar-refractivity contribution < 1.29 is 29.0 Å². The molecule has 0 bridgehead atoms. The van der Waals surface area contributed by atoms with Gasteiger partial charge in [0.2, 0.25) is 0 Å². The minimum absolute atomic E-state index is 0.233. The monoisotopic (exact) mass is 414 g/mol. The molecule has 0 unspecified atom stereocenters. The number of carboxylic acids is 1. The molecule has 1 fully saturated rings. The Kier molecular flexibility index (Phi) is 5.65. The Hall–Kier alpha value is -3.65. The van der Waals surface area contributed by atoms with Crippen LogP contribution in [0.3, 0.4) is 0 Å². The Morgan fingerprint density at radius 2 is 1.86 bits per heavy atom. The molecule has 0 spiro atoms. The van der Waals surface area contributed by atoms with Crippen molar-refractivity contribution in [1.82, 2.24) is 5.32 Å². The number of anilines is 1. The molecule has 2 aromatic rings. The summed E-state index contributed by atoms with van der Waals surface area (Å²) in [7, 11) is 0. The van der Waals surface area contributed by atoms with Gasteiger partial charge in [-0.3, -0.25) is 14.9 Å². The molecule has 0 atom stereocenters. The van der Waals surface area contributed by atoms with Crippen LogP contribution in [-0.2, 0) is 14.4 Å². The second-order valence-electron chi connectivity index (χ2n) is 6.14. The SMILES string of the molecule is Cc1ccc(Cl)cc1N1C(=O)NC(=O)/C(=C\c2ccc(OCC(=O)O)cc2)C1=O. The quantitative estimate of drug-likeness (QED) is 0.574. The number of halogens is 1. The summed E-state index contributed by atoms with van der Waals surface area (Å²) in [5, 5.41) is 11.1. The van der Waals surface area contributed by atoms with Gasteiger partial charge in [-0.05, 0) is 48.4 Å². The number of nitrogens with zero attached hydrogens (tertiary/aromatic N) is 1. The first-order chi connectivity index (χ1) is 13.8. The number of hydrogen-bond donors (Lipinski definition) is 2. The lowest BCUT2D eigenvalue weighted by Crippen LogP contribution is -2.54. The van der Waals surface area contributed by atoms with Crippen molar-refractivity contribution in [3.63, 3.8) is 0 Å². The van der Waals surface area contributed by atoms with Gasteiger partial charge in [0.15, 0.2) is 6.61 Å². The largest absolute Gasteiger partial charge is 0.482 e. The normalized spacial score (nSPS) is 15.4. The molecule has 1 heterocycles. The molecule has 148 valence electrons. The Labute approximate surface area is 170 Å². The number of carboxylic acid groups (broad SMARTS) is 1. The van der Waals surface area contributed by atoms with Gasteiger partial charge in [0.25, 0.3) is 11.8 Å². The van der Waals surface area contributed by atoms with Crippen LogP contribution in [0.2, 0.25) is 5.02 Å². The predicted octanol–water partition coefficient (Wildman–Crippen LogP) is 2.78. The summed E-state index contributed by atoms with van der Waals surface area (Å²) in [5.74, 6) is -2.39. The summed E-state index contributed by atoms with van der Waals surface area (Å²) in [4.78, 5) is 48.8. The summed E-state index contributed by atoms with van der Waals surface area (Å²) >= 11 is 5.99. The number of nitrogens with one attached hydrogen (secondary N) is 1. The summed E-state index contributed by atoms with van der Waals surface area (Å²) in [6.07, 6.45) is 1.33. The fourth-order valence-electron chi connectivity index (χ4n) is 2.67. The number of imide groups is 2. The zero-order valence-electron chi connectivity index (χ0n) is 15.1. The van der Waals surface area contributed by atoms with Gasteiger partial charge in [-0.15, -0.1) is 0 Å². The lowest BCUT2D eigenvalue weighted by molar-refractivity contribution is -0.139. The van der Waals surface area contributed by atoms with Gasteiger partial charge in [0.05, 0.1) is 5.69 Å². The molecule has 0 aliphatic carbocycles. The van der Waals surface area contributed by atoms with E-state index in [-0.39, 0.29) is 11.3 Å². The Balaban J connectivity index is 1.91. The molecule has 0 aromatic heterocycles. The van der Waals surface area contributed by atoms with E-state index in [0.717, 1.165) is 4.90 Å². The molecule has 9 heteroatoms. The first-order valence-electron chi connectivity index (χ1n) is 8.38. The summed E-state index contributed by atoms with van der Waals surface area (Å²) in [5.41, 5.74) is 1.16. The van der Waals surface area contributed by atoms with Gasteiger partial charge in [-0.1, -0.05) is 29.8 Å². The molecule has 1 saturated heterocycles. The minimum atomic E-state index is -1.11. The zero-order chi connectivity index (χ0) is 21.1. The maximum absolute atomic E-state index is 12.9. The van der Waals surface area contributed by atoms with E-state index >= 15 is 0 Å². The van der Waals surface area contributed by atoms with Crippen molar-refractivity contribution >= 4 is 47.2 Å². The smallest absolute Gasteiger partial charge is 0.341 e. The Bertz CT molecular complexity index is 1050. The number of hydrogen-bond acceptors (Lipinski definition) is 5. The first kappa shape index (κ1) is 20.1. The molecule has 1 aliphatic heterocycles. The third-order valence-corrected chi connectivity index (χ3v) is 4.30. The molecule has 2 aromatic carbocycles. The average Bonchev–Trinajstić information content (AvgIpc) is 2.67. The van der Waals surface area contributed by atoms with Gasteiger partial charge in [0.1, 0.15) is 11.3 Å². The molecular weight excluding hydrogens is 400 g/mol. The van der Waals surface area contributed by atoms with Crippen molar-refractivity contribution in [2.45, 2.75) is 6.92 Å². The van der Waals surface area contributed by atoms with Crippen LogP contribution >= 0.6 is 11.6 Å². The lowest BCUT2D eigenvalue weighted by atomic mass is 10.1. The van der Waals surface area contributed by atoms with Crippen molar-refractivity contribution in [1.29, 1.82) is 0 Å². The molecule has 0 radical (unpaired) electrons. The number of carbonyl (C=O) groups is 4. The molecule has 8 nitrogen and oxygen atoms in total. The van der Waals surface area contributed by atoms with Gasteiger partial charge in [-0.2, -0.15) is 0 Å². The Morgan fingerprint density at radius 1 is 1.17 bits per heavy atom. The molecule has 0 saturated carbocycles. The van der Waals surface area contributed by atoms with Gasteiger partial charge in [-0.25, -0.2) is 14.5 Å². The third-order valence-electron chi connectivity index (χ3n) is 4.07. The number of aryl methyl sites for hydroxylation is 1. The van der Waals surface area contributed by atoms with Crippen LogP contribution < -0.4 is 15.0 Å². The first-order valence-corrected chi connectivity index (χ1v) is 8.76. The highest BCUT2D eigenvalue weighted by atomic mass is 35.5. The van der Waals surface area contributed by atoms with Gasteiger partial charge in [0, 0.05) is 5.02 Å². The van der Waals surface area contributed by atoms with E-state index in [0.29, 0.717) is 21.9 Å². The second-order valence-corrected chi connectivity index (χ2v) is 6.58. The van der Waals surface area contributed by atoms with Gasteiger partial charge < -0.3 is 9.84 Å². The number of benzene rings is 2. The third kappa shape index (κ3) is 4.44. The maximum atomic E-state index is 12.9. The lowest BCUT2D eigenvalue weighted by Gasteiger charge is -2.27. The number of rotatable bonds is 5.